The predicted octanol–water partition coefficient (Wildman–Crippen LogP) is -0.00180. The molecule has 1 heterocycles. The summed E-state index contributed by atoms with van der Waals surface area (Å²) in [6.45, 7) is 0.482. The van der Waals surface area contributed by atoms with Gasteiger partial charge < -0.3 is 9.30 Å². The van der Waals surface area contributed by atoms with Crippen molar-refractivity contribution in [3.63, 3.8) is 0 Å². The largest absolute Gasteiger partial charge is 0.383 e. The third-order valence-corrected chi connectivity index (χ3v) is 3.64. The summed E-state index contributed by atoms with van der Waals surface area (Å²) in [6, 6.07) is 0. The number of sulfonamides is 1. The Balaban J connectivity index is 2.82. The van der Waals surface area contributed by atoms with Crippen LogP contribution in [0.5, 0.6) is 0 Å². The van der Waals surface area contributed by atoms with E-state index in [1.807, 2.05) is 0 Å². The van der Waals surface area contributed by atoms with Gasteiger partial charge in [-0.15, -0.1) is 0 Å². The van der Waals surface area contributed by atoms with E-state index in [1.165, 1.54) is 18.0 Å². The molecule has 0 bridgehead atoms. The Bertz CT molecular complexity index is 429. The average molecular weight is 254 g/mol. The summed E-state index contributed by atoms with van der Waals surface area (Å²) >= 11 is 5.76. The van der Waals surface area contributed by atoms with Crippen LogP contribution in [0.2, 0.25) is 5.15 Å². The molecule has 0 saturated carbocycles. The molecule has 1 rings (SSSR count). The Kier molecular flexibility index (Phi) is 4.09. The molecule has 0 atom stereocenters. The lowest BCUT2D eigenvalue weighted by atomic mass is 10.7. The van der Waals surface area contributed by atoms with Gasteiger partial charge in [0.25, 0.3) is 10.0 Å². The number of methoxy groups -OCH3 is 1. The van der Waals surface area contributed by atoms with E-state index in [0.29, 0.717) is 6.61 Å². The molecular formula is C7H12ClN3O3S. The van der Waals surface area contributed by atoms with Gasteiger partial charge in [0.15, 0.2) is 0 Å². The van der Waals surface area contributed by atoms with Crippen LogP contribution in [0.25, 0.3) is 0 Å². The first-order valence-corrected chi connectivity index (χ1v) is 6.00. The summed E-state index contributed by atoms with van der Waals surface area (Å²) in [6.07, 6.45) is 1.34. The molecular weight excluding hydrogens is 242 g/mol. The minimum Gasteiger partial charge on any atom is -0.383 e. The molecule has 86 valence electrons. The topological polar surface area (TPSA) is 73.2 Å². The first kappa shape index (κ1) is 12.4. The number of rotatable bonds is 5. The second-order valence-electron chi connectivity index (χ2n) is 2.84. The highest BCUT2D eigenvalue weighted by Crippen LogP contribution is 2.17. The second-order valence-corrected chi connectivity index (χ2v) is 4.88. The number of hydrogen-bond acceptors (Lipinski definition) is 4. The molecule has 1 N–H and O–H groups in total. The van der Waals surface area contributed by atoms with Crippen LogP contribution in [-0.4, -0.2) is 38.2 Å². The van der Waals surface area contributed by atoms with Gasteiger partial charge in [-0.25, -0.2) is 18.1 Å². The van der Waals surface area contributed by atoms with Crippen LogP contribution in [0.4, 0.5) is 0 Å². The van der Waals surface area contributed by atoms with Gasteiger partial charge in [0.05, 0.1) is 12.9 Å². The van der Waals surface area contributed by atoms with Crippen molar-refractivity contribution in [2.45, 2.75) is 5.03 Å². The molecule has 0 amide bonds. The first-order chi connectivity index (χ1) is 6.99. The number of aryl methyl sites for hydroxylation is 1. The molecule has 0 saturated heterocycles. The lowest BCUT2D eigenvalue weighted by molar-refractivity contribution is 0.204. The number of aromatic nitrogens is 2. The first-order valence-electron chi connectivity index (χ1n) is 4.14. The van der Waals surface area contributed by atoms with Crippen molar-refractivity contribution in [1.29, 1.82) is 0 Å². The Morgan fingerprint density at radius 3 is 2.80 bits per heavy atom. The summed E-state index contributed by atoms with van der Waals surface area (Å²) < 4.78 is 31.7. The molecule has 8 heteroatoms. The van der Waals surface area contributed by atoms with Crippen molar-refractivity contribution in [3.05, 3.63) is 11.5 Å². The number of nitrogens with one attached hydrogen (secondary N) is 1. The Hall–Kier alpha value is -0.630. The minimum absolute atomic E-state index is 0.0833. The lowest BCUT2D eigenvalue weighted by Crippen LogP contribution is -2.27. The summed E-state index contributed by atoms with van der Waals surface area (Å²) in [4.78, 5) is 3.71. The molecule has 15 heavy (non-hydrogen) atoms. The van der Waals surface area contributed by atoms with Gasteiger partial charge in [-0.05, 0) is 0 Å². The van der Waals surface area contributed by atoms with Crippen molar-refractivity contribution in [3.8, 4) is 0 Å². The zero-order valence-corrected chi connectivity index (χ0v) is 9.97. The van der Waals surface area contributed by atoms with Crippen LogP contribution < -0.4 is 4.72 Å². The normalized spacial score (nSPS) is 11.9. The van der Waals surface area contributed by atoms with E-state index in [9.17, 15) is 8.42 Å². The van der Waals surface area contributed by atoms with Gasteiger partial charge in [-0.2, -0.15) is 0 Å². The standard InChI is InChI=1S/C7H12ClN3O3S/c1-11-5-9-7(6(11)8)15(12,13)10-3-4-14-2/h5,10H,3-4H2,1-2H3. The smallest absolute Gasteiger partial charge is 0.261 e. The number of hydrogen-bond donors (Lipinski definition) is 1. The molecule has 0 aliphatic carbocycles. The maximum atomic E-state index is 11.6. The molecule has 0 aliphatic heterocycles. The van der Waals surface area contributed by atoms with E-state index in [-0.39, 0.29) is 16.7 Å². The van der Waals surface area contributed by atoms with Gasteiger partial charge in [-0.1, -0.05) is 11.6 Å². The Morgan fingerprint density at radius 2 is 2.33 bits per heavy atom. The van der Waals surface area contributed by atoms with Gasteiger partial charge in [0.2, 0.25) is 5.03 Å². The molecule has 0 radical (unpaired) electrons. The fourth-order valence-corrected chi connectivity index (χ4v) is 2.36. The van der Waals surface area contributed by atoms with E-state index in [4.69, 9.17) is 16.3 Å². The summed E-state index contributed by atoms with van der Waals surface area (Å²) in [5.74, 6) is 0. The van der Waals surface area contributed by atoms with Crippen LogP contribution in [0.1, 0.15) is 0 Å². The zero-order chi connectivity index (χ0) is 11.5. The number of ether oxygens (including phenoxy) is 1. The zero-order valence-electron chi connectivity index (χ0n) is 8.40. The van der Waals surface area contributed by atoms with Gasteiger partial charge >= 0.3 is 0 Å². The lowest BCUT2D eigenvalue weighted by Gasteiger charge is -2.03. The quantitative estimate of drug-likeness (QED) is 0.750. The summed E-state index contributed by atoms with van der Waals surface area (Å²) in [5.41, 5.74) is 0. The van der Waals surface area contributed by atoms with E-state index >= 15 is 0 Å². The number of imidazole rings is 1. The third-order valence-electron chi connectivity index (χ3n) is 1.69. The Labute approximate surface area is 93.3 Å². The average Bonchev–Trinajstić information content (AvgIpc) is 2.48. The summed E-state index contributed by atoms with van der Waals surface area (Å²) in [5, 5.41) is -0.0808. The number of halogens is 1. The highest BCUT2D eigenvalue weighted by molar-refractivity contribution is 7.89. The Morgan fingerprint density at radius 1 is 1.67 bits per heavy atom. The molecule has 1 aromatic heterocycles. The van der Waals surface area contributed by atoms with Crippen LogP contribution in [0, 0.1) is 0 Å². The third kappa shape index (κ3) is 2.91. The van der Waals surface area contributed by atoms with Crippen molar-refractivity contribution in [1.82, 2.24) is 14.3 Å². The van der Waals surface area contributed by atoms with Gasteiger partial charge in [0.1, 0.15) is 5.15 Å². The minimum atomic E-state index is -3.64. The van der Waals surface area contributed by atoms with E-state index in [2.05, 4.69) is 9.71 Å². The van der Waals surface area contributed by atoms with Gasteiger partial charge in [0, 0.05) is 20.7 Å². The fraction of sp³-hybridized carbons (Fsp3) is 0.571. The highest BCUT2D eigenvalue weighted by atomic mass is 35.5. The van der Waals surface area contributed by atoms with Crippen molar-refractivity contribution in [2.24, 2.45) is 7.05 Å². The maximum absolute atomic E-state index is 11.6. The molecule has 0 unspecified atom stereocenters. The van der Waals surface area contributed by atoms with E-state index in [0.717, 1.165) is 0 Å². The molecule has 1 aromatic rings. The highest BCUT2D eigenvalue weighted by Gasteiger charge is 2.21. The monoisotopic (exact) mass is 253 g/mol. The van der Waals surface area contributed by atoms with Crippen molar-refractivity contribution < 1.29 is 13.2 Å². The maximum Gasteiger partial charge on any atom is 0.261 e. The second kappa shape index (κ2) is 4.93. The molecule has 0 fully saturated rings. The van der Waals surface area contributed by atoms with Gasteiger partial charge in [-0.3, -0.25) is 0 Å². The SMILES string of the molecule is COCCNS(=O)(=O)c1ncn(C)c1Cl. The predicted molar refractivity (Wildman–Crippen MR) is 55.3 cm³/mol. The van der Waals surface area contributed by atoms with Crippen molar-refractivity contribution in [2.75, 3.05) is 20.3 Å². The molecule has 0 aromatic carbocycles. The van der Waals surface area contributed by atoms with Crippen LogP contribution in [-0.2, 0) is 21.8 Å². The molecule has 6 nitrogen and oxygen atoms in total. The fourth-order valence-electron chi connectivity index (χ4n) is 0.921. The van der Waals surface area contributed by atoms with Crippen LogP contribution >= 0.6 is 11.6 Å². The van der Waals surface area contributed by atoms with Crippen LogP contribution in [0.3, 0.4) is 0 Å². The van der Waals surface area contributed by atoms with Crippen molar-refractivity contribution >= 4 is 21.6 Å². The summed E-state index contributed by atoms with van der Waals surface area (Å²) in [7, 11) is -0.534. The number of nitrogens with zero attached hydrogens (tertiary/aromatic N) is 2. The van der Waals surface area contributed by atoms with Crippen LogP contribution in [0.15, 0.2) is 11.4 Å². The molecule has 0 spiro atoms. The van der Waals surface area contributed by atoms with E-state index in [1.54, 1.807) is 7.05 Å². The van der Waals surface area contributed by atoms with E-state index < -0.39 is 10.0 Å². The molecule has 0 aliphatic rings.